The molecule has 1 aliphatic rings. The van der Waals surface area contributed by atoms with Crippen LogP contribution >= 0.6 is 11.3 Å². The minimum absolute atomic E-state index is 0.0176. The fourth-order valence-corrected chi connectivity index (χ4v) is 4.63. The molecule has 5 nitrogen and oxygen atoms in total. The van der Waals surface area contributed by atoms with Crippen LogP contribution < -0.4 is 5.32 Å². The Hall–Kier alpha value is -2.60. The molecule has 1 aliphatic heterocycles. The van der Waals surface area contributed by atoms with Crippen LogP contribution in [0.5, 0.6) is 0 Å². The minimum Gasteiger partial charge on any atom is -0.459 e. The maximum Gasteiger partial charge on any atom is 0.263 e. The first-order chi connectivity index (χ1) is 13.5. The van der Waals surface area contributed by atoms with E-state index in [4.69, 9.17) is 4.42 Å². The maximum absolute atomic E-state index is 12.9. The van der Waals surface area contributed by atoms with Crippen LogP contribution in [0.4, 0.5) is 0 Å². The molecule has 0 saturated carbocycles. The number of aryl methyl sites for hydroxylation is 1. The molecule has 6 heteroatoms. The quantitative estimate of drug-likeness (QED) is 0.705. The summed E-state index contributed by atoms with van der Waals surface area (Å²) >= 11 is 1.44. The van der Waals surface area contributed by atoms with E-state index in [0.717, 1.165) is 40.0 Å². The number of carbonyl (C=O) groups is 2. The van der Waals surface area contributed by atoms with Gasteiger partial charge < -0.3 is 14.6 Å². The van der Waals surface area contributed by atoms with Crippen LogP contribution in [0.3, 0.4) is 0 Å². The number of likely N-dealkylation sites (tertiary alicyclic amines) is 1. The fraction of sp³-hybridized carbons (Fsp3) is 0.364. The molecule has 28 heavy (non-hydrogen) atoms. The molecule has 3 aromatic rings. The molecule has 0 aliphatic carbocycles. The molecule has 1 saturated heterocycles. The van der Waals surface area contributed by atoms with Crippen molar-refractivity contribution in [2.24, 2.45) is 5.92 Å². The third-order valence-corrected chi connectivity index (χ3v) is 6.30. The minimum atomic E-state index is -0.219. The highest BCUT2D eigenvalue weighted by molar-refractivity contribution is 7.12. The summed E-state index contributed by atoms with van der Waals surface area (Å²) in [5, 5.41) is 6.07. The van der Waals surface area contributed by atoms with Crippen LogP contribution in [0, 0.1) is 12.8 Å². The Balaban J connectivity index is 1.43. The molecule has 0 unspecified atom stereocenters. The zero-order valence-corrected chi connectivity index (χ0v) is 16.9. The number of rotatable bonds is 4. The van der Waals surface area contributed by atoms with Crippen molar-refractivity contribution >= 4 is 34.1 Å². The van der Waals surface area contributed by atoms with Gasteiger partial charge in [0.2, 0.25) is 5.91 Å². The van der Waals surface area contributed by atoms with E-state index in [1.165, 1.54) is 11.3 Å². The Bertz CT molecular complexity index is 993. The van der Waals surface area contributed by atoms with Gasteiger partial charge in [-0.05, 0) is 44.2 Å². The molecule has 0 spiro atoms. The lowest BCUT2D eigenvalue weighted by Crippen LogP contribution is -2.45. The van der Waals surface area contributed by atoms with Crippen molar-refractivity contribution in [1.29, 1.82) is 0 Å². The number of hydrogen-bond donors (Lipinski definition) is 1. The molecule has 0 bridgehead atoms. The van der Waals surface area contributed by atoms with Gasteiger partial charge in [-0.2, -0.15) is 0 Å². The number of hydrogen-bond acceptors (Lipinski definition) is 4. The average molecular weight is 397 g/mol. The summed E-state index contributed by atoms with van der Waals surface area (Å²) < 4.78 is 5.98. The molecule has 4 rings (SSSR count). The number of fused-ring (bicyclic) bond motifs is 1. The standard InChI is InChI=1S/C22H24N2O3S/c1-14-17-8-3-4-9-18(17)27-20(14)15(2)23-21(25)16-7-5-11-24(13-16)22(26)19-10-6-12-28-19/h3-4,6,8-10,12,15-16H,5,7,11,13H2,1-2H3,(H,23,25)/t15-,16+/m0/s1. The number of nitrogens with one attached hydrogen (secondary N) is 1. The fourth-order valence-electron chi connectivity index (χ4n) is 3.93. The lowest BCUT2D eigenvalue weighted by molar-refractivity contribution is -0.127. The van der Waals surface area contributed by atoms with E-state index in [1.807, 2.05) is 55.6 Å². The van der Waals surface area contributed by atoms with E-state index in [9.17, 15) is 9.59 Å². The lowest BCUT2D eigenvalue weighted by atomic mass is 9.96. The van der Waals surface area contributed by atoms with Crippen molar-refractivity contribution in [1.82, 2.24) is 10.2 Å². The van der Waals surface area contributed by atoms with Gasteiger partial charge in [-0.3, -0.25) is 9.59 Å². The van der Waals surface area contributed by atoms with Crippen LogP contribution in [0.1, 0.15) is 46.8 Å². The second-order valence-corrected chi connectivity index (χ2v) is 8.33. The van der Waals surface area contributed by atoms with E-state index in [0.29, 0.717) is 13.1 Å². The van der Waals surface area contributed by atoms with Crippen LogP contribution in [0.25, 0.3) is 11.0 Å². The number of benzene rings is 1. The van der Waals surface area contributed by atoms with Gasteiger partial charge >= 0.3 is 0 Å². The predicted octanol–water partition coefficient (Wildman–Crippen LogP) is 4.53. The molecule has 0 radical (unpaired) electrons. The monoisotopic (exact) mass is 396 g/mol. The van der Waals surface area contributed by atoms with Crippen molar-refractivity contribution in [3.05, 3.63) is 58.0 Å². The Morgan fingerprint density at radius 2 is 2.07 bits per heavy atom. The average Bonchev–Trinajstić information content (AvgIpc) is 3.36. The Morgan fingerprint density at radius 3 is 2.82 bits per heavy atom. The number of para-hydroxylation sites is 1. The van der Waals surface area contributed by atoms with Crippen LogP contribution in [-0.2, 0) is 4.79 Å². The third-order valence-electron chi connectivity index (χ3n) is 5.44. The molecule has 1 aromatic carbocycles. The van der Waals surface area contributed by atoms with Gasteiger partial charge in [0.25, 0.3) is 5.91 Å². The second-order valence-electron chi connectivity index (χ2n) is 7.39. The first kappa shape index (κ1) is 18.7. The Morgan fingerprint density at radius 1 is 1.25 bits per heavy atom. The highest BCUT2D eigenvalue weighted by Crippen LogP contribution is 2.29. The SMILES string of the molecule is Cc1c([C@H](C)NC(=O)[C@@H]2CCCN(C(=O)c3cccs3)C2)oc2ccccc12. The van der Waals surface area contributed by atoms with E-state index < -0.39 is 0 Å². The first-order valence-corrected chi connectivity index (χ1v) is 10.5. The van der Waals surface area contributed by atoms with Gasteiger partial charge in [-0.25, -0.2) is 0 Å². The number of thiophene rings is 1. The summed E-state index contributed by atoms with van der Waals surface area (Å²) in [6, 6.07) is 11.4. The van der Waals surface area contributed by atoms with E-state index in [2.05, 4.69) is 5.32 Å². The maximum atomic E-state index is 12.9. The molecule has 1 N–H and O–H groups in total. The van der Waals surface area contributed by atoms with Gasteiger partial charge in [0.1, 0.15) is 11.3 Å². The Kier molecular flexibility index (Phi) is 5.22. The molecule has 2 amide bonds. The van der Waals surface area contributed by atoms with Crippen LogP contribution in [-0.4, -0.2) is 29.8 Å². The second kappa shape index (κ2) is 7.80. The smallest absolute Gasteiger partial charge is 0.263 e. The number of carbonyl (C=O) groups excluding carboxylic acids is 2. The van der Waals surface area contributed by atoms with Gasteiger partial charge in [0.05, 0.1) is 16.8 Å². The zero-order valence-electron chi connectivity index (χ0n) is 16.1. The van der Waals surface area contributed by atoms with E-state index >= 15 is 0 Å². The summed E-state index contributed by atoms with van der Waals surface area (Å²) in [7, 11) is 0. The zero-order chi connectivity index (χ0) is 19.7. The molecule has 3 heterocycles. The number of amides is 2. The molecular weight excluding hydrogens is 372 g/mol. The summed E-state index contributed by atoms with van der Waals surface area (Å²) in [6.45, 7) is 5.14. The summed E-state index contributed by atoms with van der Waals surface area (Å²) in [6.07, 6.45) is 1.64. The van der Waals surface area contributed by atoms with Crippen molar-refractivity contribution in [3.8, 4) is 0 Å². The number of piperidine rings is 1. The summed E-state index contributed by atoms with van der Waals surface area (Å²) in [5.74, 6) is 0.603. The third kappa shape index (κ3) is 3.56. The van der Waals surface area contributed by atoms with Crippen molar-refractivity contribution in [2.75, 3.05) is 13.1 Å². The predicted molar refractivity (Wildman–Crippen MR) is 110 cm³/mol. The summed E-state index contributed by atoms with van der Waals surface area (Å²) in [4.78, 5) is 28.0. The van der Waals surface area contributed by atoms with Crippen molar-refractivity contribution in [3.63, 3.8) is 0 Å². The van der Waals surface area contributed by atoms with Crippen LogP contribution in [0.15, 0.2) is 46.2 Å². The molecular formula is C22H24N2O3S. The van der Waals surface area contributed by atoms with Gasteiger partial charge in [0, 0.05) is 24.0 Å². The highest BCUT2D eigenvalue weighted by Gasteiger charge is 2.30. The molecule has 2 aromatic heterocycles. The number of nitrogens with zero attached hydrogens (tertiary/aromatic N) is 1. The molecule has 146 valence electrons. The van der Waals surface area contributed by atoms with Gasteiger partial charge in [0.15, 0.2) is 0 Å². The van der Waals surface area contributed by atoms with Gasteiger partial charge in [-0.1, -0.05) is 24.3 Å². The molecule has 1 fully saturated rings. The highest BCUT2D eigenvalue weighted by atomic mass is 32.1. The van der Waals surface area contributed by atoms with E-state index in [1.54, 1.807) is 4.90 Å². The van der Waals surface area contributed by atoms with Crippen LogP contribution in [0.2, 0.25) is 0 Å². The van der Waals surface area contributed by atoms with Crippen molar-refractivity contribution < 1.29 is 14.0 Å². The van der Waals surface area contributed by atoms with Crippen molar-refractivity contribution in [2.45, 2.75) is 32.7 Å². The Labute approximate surface area is 168 Å². The normalized spacial score (nSPS) is 18.2. The first-order valence-electron chi connectivity index (χ1n) is 9.65. The van der Waals surface area contributed by atoms with Gasteiger partial charge in [-0.15, -0.1) is 11.3 Å². The largest absolute Gasteiger partial charge is 0.459 e. The number of furan rings is 1. The topological polar surface area (TPSA) is 62.6 Å². The van der Waals surface area contributed by atoms with E-state index in [-0.39, 0.29) is 23.8 Å². The lowest BCUT2D eigenvalue weighted by Gasteiger charge is -2.32. The summed E-state index contributed by atoms with van der Waals surface area (Å²) in [5.41, 5.74) is 1.89. The molecule has 2 atom stereocenters.